The van der Waals surface area contributed by atoms with E-state index in [1.165, 1.54) is 0 Å². The van der Waals surface area contributed by atoms with Crippen LogP contribution in [-0.4, -0.2) is 54.5 Å². The van der Waals surface area contributed by atoms with E-state index in [-0.39, 0.29) is 0 Å². The van der Waals surface area contributed by atoms with Crippen LogP contribution in [0, 0.1) is 0 Å². The Kier molecular flexibility index (Phi) is 3.74. The summed E-state index contributed by atoms with van der Waals surface area (Å²) in [6, 6.07) is 1.09. The molecule has 0 radical (unpaired) electrons. The summed E-state index contributed by atoms with van der Waals surface area (Å²) in [5.74, 6) is -9.21. The SMILES string of the molecule is O=C(O)c1cc(O)c2c(C(=O)O)c(C(=O)O)c(O)cc2c1C(=O)O. The minimum Gasteiger partial charge on any atom is -0.507 e. The Morgan fingerprint density at radius 2 is 1.12 bits per heavy atom. The van der Waals surface area contributed by atoms with Gasteiger partial charge in [-0.25, -0.2) is 19.2 Å². The van der Waals surface area contributed by atoms with Crippen molar-refractivity contribution in [2.45, 2.75) is 0 Å². The molecular weight excluding hydrogens is 328 g/mol. The van der Waals surface area contributed by atoms with Gasteiger partial charge in [0.15, 0.2) is 0 Å². The second-order valence-electron chi connectivity index (χ2n) is 4.61. The standard InChI is InChI=1S/C14H8O10/c15-5-2-4(11(17)18)7(12(19)20)3-1-6(16)9(13(21)22)10(8(3)5)14(23)24/h1-2,15-16H,(H,17,18)(H,19,20)(H,21,22)(H,23,24). The van der Waals surface area contributed by atoms with Crippen LogP contribution in [0.4, 0.5) is 0 Å². The zero-order valence-corrected chi connectivity index (χ0v) is 11.5. The normalized spacial score (nSPS) is 10.5. The van der Waals surface area contributed by atoms with Gasteiger partial charge >= 0.3 is 23.9 Å². The van der Waals surface area contributed by atoms with Crippen LogP contribution in [-0.2, 0) is 0 Å². The molecule has 10 heteroatoms. The first kappa shape index (κ1) is 16.5. The molecule has 0 aliphatic rings. The topological polar surface area (TPSA) is 190 Å². The molecule has 0 atom stereocenters. The fourth-order valence-electron chi connectivity index (χ4n) is 2.39. The van der Waals surface area contributed by atoms with Crippen molar-refractivity contribution in [2.24, 2.45) is 0 Å². The summed E-state index contributed by atoms with van der Waals surface area (Å²) in [7, 11) is 0. The quantitative estimate of drug-likeness (QED) is 0.470. The van der Waals surface area contributed by atoms with Gasteiger partial charge < -0.3 is 30.6 Å². The summed E-state index contributed by atoms with van der Waals surface area (Å²) in [6.45, 7) is 0. The summed E-state index contributed by atoms with van der Waals surface area (Å²) in [4.78, 5) is 45.1. The second kappa shape index (κ2) is 5.43. The van der Waals surface area contributed by atoms with Crippen molar-refractivity contribution in [2.75, 3.05) is 0 Å². The Bertz CT molecular complexity index is 941. The predicted molar refractivity (Wildman–Crippen MR) is 75.1 cm³/mol. The molecule has 0 aliphatic carbocycles. The van der Waals surface area contributed by atoms with Gasteiger partial charge in [-0.3, -0.25) is 0 Å². The van der Waals surface area contributed by atoms with Crippen molar-refractivity contribution in [3.63, 3.8) is 0 Å². The number of carboxylic acid groups (broad SMARTS) is 4. The maximum atomic E-state index is 11.4. The lowest BCUT2D eigenvalue weighted by molar-refractivity contribution is 0.0649. The van der Waals surface area contributed by atoms with E-state index in [9.17, 15) is 39.6 Å². The highest BCUT2D eigenvalue weighted by Crippen LogP contribution is 2.39. The molecule has 6 N–H and O–H groups in total. The number of rotatable bonds is 4. The molecule has 2 rings (SSSR count). The summed E-state index contributed by atoms with van der Waals surface area (Å²) in [6.07, 6.45) is 0. The third-order valence-electron chi connectivity index (χ3n) is 3.25. The van der Waals surface area contributed by atoms with Crippen LogP contribution in [0.25, 0.3) is 10.8 Å². The average Bonchev–Trinajstić information content (AvgIpc) is 2.44. The molecule has 0 amide bonds. The van der Waals surface area contributed by atoms with Gasteiger partial charge in [0.1, 0.15) is 17.1 Å². The molecule has 0 bridgehead atoms. The molecular formula is C14H8O10. The minimum atomic E-state index is -1.86. The molecule has 0 saturated carbocycles. The van der Waals surface area contributed by atoms with Crippen molar-refractivity contribution in [3.8, 4) is 11.5 Å². The lowest BCUT2D eigenvalue weighted by Gasteiger charge is -2.14. The Morgan fingerprint density at radius 1 is 0.625 bits per heavy atom. The summed E-state index contributed by atoms with van der Waals surface area (Å²) >= 11 is 0. The Labute approximate surface area is 131 Å². The predicted octanol–water partition coefficient (Wildman–Crippen LogP) is 1.04. The Balaban J connectivity index is 3.23. The minimum absolute atomic E-state index is 0.503. The zero-order valence-electron chi connectivity index (χ0n) is 11.5. The molecule has 0 spiro atoms. The van der Waals surface area contributed by atoms with Gasteiger partial charge in [0.2, 0.25) is 0 Å². The number of aromatic carboxylic acids is 4. The van der Waals surface area contributed by atoms with E-state index >= 15 is 0 Å². The number of fused-ring (bicyclic) bond motifs is 1. The third kappa shape index (κ3) is 2.31. The van der Waals surface area contributed by atoms with Crippen molar-refractivity contribution in [1.82, 2.24) is 0 Å². The molecule has 10 nitrogen and oxygen atoms in total. The molecule has 24 heavy (non-hydrogen) atoms. The van der Waals surface area contributed by atoms with E-state index in [2.05, 4.69) is 0 Å². The molecule has 2 aromatic rings. The number of phenolic OH excluding ortho intramolecular Hbond substituents is 1. The average molecular weight is 336 g/mol. The Morgan fingerprint density at radius 3 is 1.54 bits per heavy atom. The highest BCUT2D eigenvalue weighted by Gasteiger charge is 2.30. The van der Waals surface area contributed by atoms with E-state index in [0.29, 0.717) is 12.1 Å². The summed E-state index contributed by atoms with van der Waals surface area (Å²) in [5.41, 5.74) is -3.88. The highest BCUT2D eigenvalue weighted by atomic mass is 16.4. The highest BCUT2D eigenvalue weighted by molar-refractivity contribution is 6.21. The molecule has 2 aromatic carbocycles. The molecule has 0 heterocycles. The van der Waals surface area contributed by atoms with E-state index in [1.807, 2.05) is 0 Å². The van der Waals surface area contributed by atoms with Crippen LogP contribution in [0.5, 0.6) is 11.5 Å². The van der Waals surface area contributed by atoms with Crippen molar-refractivity contribution < 1.29 is 49.8 Å². The lowest BCUT2D eigenvalue weighted by Crippen LogP contribution is -2.13. The van der Waals surface area contributed by atoms with E-state index in [4.69, 9.17) is 10.2 Å². The molecule has 0 unspecified atom stereocenters. The van der Waals surface area contributed by atoms with Gasteiger partial charge in [0, 0.05) is 10.8 Å². The first-order valence-electron chi connectivity index (χ1n) is 6.06. The van der Waals surface area contributed by atoms with Gasteiger partial charge in [-0.15, -0.1) is 0 Å². The van der Waals surface area contributed by atoms with Gasteiger partial charge in [-0.2, -0.15) is 0 Å². The van der Waals surface area contributed by atoms with Crippen molar-refractivity contribution in [1.29, 1.82) is 0 Å². The number of aromatic hydroxyl groups is 2. The Hall–Kier alpha value is -3.82. The number of carboxylic acids is 4. The fraction of sp³-hybridized carbons (Fsp3) is 0. The van der Waals surface area contributed by atoms with E-state index in [0.717, 1.165) is 0 Å². The lowest BCUT2D eigenvalue weighted by atomic mass is 9.91. The molecule has 0 aliphatic heterocycles. The van der Waals surface area contributed by atoms with Gasteiger partial charge in [-0.1, -0.05) is 0 Å². The van der Waals surface area contributed by atoms with Crippen molar-refractivity contribution in [3.05, 3.63) is 34.4 Å². The second-order valence-corrected chi connectivity index (χ2v) is 4.61. The van der Waals surface area contributed by atoms with Crippen LogP contribution >= 0.6 is 0 Å². The third-order valence-corrected chi connectivity index (χ3v) is 3.25. The number of benzene rings is 2. The van der Waals surface area contributed by atoms with Gasteiger partial charge in [-0.05, 0) is 12.1 Å². The molecule has 124 valence electrons. The van der Waals surface area contributed by atoms with Crippen LogP contribution in [0.2, 0.25) is 0 Å². The van der Waals surface area contributed by atoms with Crippen molar-refractivity contribution >= 4 is 34.6 Å². The van der Waals surface area contributed by atoms with E-state index < -0.39 is 68.4 Å². The molecule has 0 saturated heterocycles. The van der Waals surface area contributed by atoms with Gasteiger partial charge in [0.05, 0.1) is 16.7 Å². The first-order valence-corrected chi connectivity index (χ1v) is 6.06. The maximum absolute atomic E-state index is 11.4. The molecule has 0 aromatic heterocycles. The van der Waals surface area contributed by atoms with Crippen LogP contribution in [0.1, 0.15) is 41.4 Å². The summed E-state index contributed by atoms with van der Waals surface area (Å²) < 4.78 is 0. The number of hydrogen-bond acceptors (Lipinski definition) is 6. The maximum Gasteiger partial charge on any atom is 0.340 e. The number of phenols is 2. The van der Waals surface area contributed by atoms with Crippen LogP contribution in [0.15, 0.2) is 12.1 Å². The fourth-order valence-corrected chi connectivity index (χ4v) is 2.39. The van der Waals surface area contributed by atoms with Crippen LogP contribution in [0.3, 0.4) is 0 Å². The van der Waals surface area contributed by atoms with Crippen LogP contribution < -0.4 is 0 Å². The van der Waals surface area contributed by atoms with E-state index in [1.54, 1.807) is 0 Å². The van der Waals surface area contributed by atoms with Gasteiger partial charge in [0.25, 0.3) is 0 Å². The number of hydrogen-bond donors (Lipinski definition) is 6. The summed E-state index contributed by atoms with van der Waals surface area (Å²) in [5, 5.41) is 54.9. The number of carbonyl (C=O) groups is 4. The monoisotopic (exact) mass is 336 g/mol. The largest absolute Gasteiger partial charge is 0.507 e. The smallest absolute Gasteiger partial charge is 0.340 e. The first-order chi connectivity index (χ1) is 11.1. The molecule has 0 fully saturated rings. The zero-order chi connectivity index (χ0) is 18.3.